The molecule has 0 atom stereocenters. The van der Waals surface area contributed by atoms with Crippen LogP contribution in [0.25, 0.3) is 0 Å². The maximum atomic E-state index is 11.6. The number of carbonyl (C=O) groups is 3. The van der Waals surface area contributed by atoms with Crippen LogP contribution in [0.5, 0.6) is 0 Å². The van der Waals surface area contributed by atoms with Crippen LogP contribution in [0.4, 0.5) is 14.4 Å². The molecule has 0 N–H and O–H groups in total. The maximum Gasteiger partial charge on any atom is 0.661 e. The summed E-state index contributed by atoms with van der Waals surface area (Å²) in [6.07, 6.45) is -4.50. The lowest BCUT2D eigenvalue weighted by molar-refractivity contribution is 0.0651. The van der Waals surface area contributed by atoms with Gasteiger partial charge >= 0.3 is 26.3 Å². The van der Waals surface area contributed by atoms with Gasteiger partial charge in [-0.15, -0.1) is 0 Å². The average molecular weight is 272 g/mol. The minimum absolute atomic E-state index is 0.892. The van der Waals surface area contributed by atoms with Gasteiger partial charge in [0.1, 0.15) is 0 Å². The van der Waals surface area contributed by atoms with Crippen molar-refractivity contribution in [1.82, 2.24) is 0 Å². The zero-order valence-corrected chi connectivity index (χ0v) is 9.92. The zero-order chi connectivity index (χ0) is 13.5. The van der Waals surface area contributed by atoms with Gasteiger partial charge in [-0.25, -0.2) is 14.4 Å². The fourth-order valence-electron chi connectivity index (χ4n) is 0.442. The molecule has 0 aromatic rings. The van der Waals surface area contributed by atoms with Crippen LogP contribution in [-0.2, 0) is 32.3 Å². The molecule has 11 heteroatoms. The van der Waals surface area contributed by atoms with E-state index in [9.17, 15) is 18.9 Å². The molecule has 0 spiro atoms. The van der Waals surface area contributed by atoms with Crippen molar-refractivity contribution in [1.29, 1.82) is 0 Å². The first-order valence-corrected chi connectivity index (χ1v) is 5.25. The Labute approximate surface area is 95.3 Å². The molecule has 0 fully saturated rings. The number of phosphoric ester groups is 1. The Morgan fingerprint density at radius 1 is 0.706 bits per heavy atom. The van der Waals surface area contributed by atoms with E-state index in [-0.39, 0.29) is 0 Å². The fraction of sp³-hybridized carbons (Fsp3) is 0.500. The normalized spacial score (nSPS) is 9.82. The third kappa shape index (κ3) is 5.61. The number of phosphoric acid groups is 1. The van der Waals surface area contributed by atoms with Crippen LogP contribution < -0.4 is 0 Å². The molecule has 0 heterocycles. The second-order valence-electron chi connectivity index (χ2n) is 2.08. The van der Waals surface area contributed by atoms with Crippen LogP contribution in [0.1, 0.15) is 0 Å². The summed E-state index contributed by atoms with van der Waals surface area (Å²) in [5, 5.41) is 0. The highest BCUT2D eigenvalue weighted by Crippen LogP contribution is 2.50. The van der Waals surface area contributed by atoms with Gasteiger partial charge in [-0.3, -0.25) is 0 Å². The SMILES string of the molecule is COC(=O)OP(=O)(OC(=O)OC)OC(=O)OC. The van der Waals surface area contributed by atoms with Crippen molar-refractivity contribution in [3.05, 3.63) is 0 Å². The molecule has 98 valence electrons. The van der Waals surface area contributed by atoms with E-state index in [0.717, 1.165) is 21.3 Å². The predicted molar refractivity (Wildman–Crippen MR) is 48.1 cm³/mol. The lowest BCUT2D eigenvalue weighted by Gasteiger charge is -2.13. The van der Waals surface area contributed by atoms with E-state index in [2.05, 4.69) is 27.8 Å². The van der Waals surface area contributed by atoms with Crippen LogP contribution in [0.15, 0.2) is 0 Å². The topological polar surface area (TPSA) is 124 Å². The number of rotatable bonds is 3. The summed E-state index contributed by atoms with van der Waals surface area (Å²) in [5.41, 5.74) is 0. The molecule has 17 heavy (non-hydrogen) atoms. The van der Waals surface area contributed by atoms with Gasteiger partial charge < -0.3 is 27.8 Å². The van der Waals surface area contributed by atoms with E-state index in [1.165, 1.54) is 0 Å². The number of ether oxygens (including phenoxy) is 3. The summed E-state index contributed by atoms with van der Waals surface area (Å²) in [5.74, 6) is 0. The van der Waals surface area contributed by atoms with E-state index in [4.69, 9.17) is 0 Å². The number of hydrogen-bond donors (Lipinski definition) is 0. The van der Waals surface area contributed by atoms with Gasteiger partial charge in [0.25, 0.3) is 0 Å². The first-order chi connectivity index (χ1) is 7.86. The Morgan fingerprint density at radius 3 is 1.12 bits per heavy atom. The Hall–Kier alpha value is -1.96. The second-order valence-corrected chi connectivity index (χ2v) is 3.53. The summed E-state index contributed by atoms with van der Waals surface area (Å²) >= 11 is 0. The van der Waals surface area contributed by atoms with Gasteiger partial charge in [-0.1, -0.05) is 0 Å². The number of carbonyl (C=O) groups excluding carboxylic acids is 3. The van der Waals surface area contributed by atoms with Crippen molar-refractivity contribution in [3.8, 4) is 0 Å². The summed E-state index contributed by atoms with van der Waals surface area (Å²) in [6, 6.07) is 0. The quantitative estimate of drug-likeness (QED) is 0.423. The summed E-state index contributed by atoms with van der Waals surface area (Å²) in [6.45, 7) is 0. The fourth-order valence-corrected chi connectivity index (χ4v) is 1.32. The summed E-state index contributed by atoms with van der Waals surface area (Å²) in [7, 11) is -2.19. The standard InChI is InChI=1S/C6H9O10P/c1-11-4(7)14-17(10,15-5(8)12-2)16-6(9)13-3/h1-3H3. The van der Waals surface area contributed by atoms with Crippen LogP contribution in [0, 0.1) is 0 Å². The molecule has 0 amide bonds. The Kier molecular flexibility index (Phi) is 5.83. The Balaban J connectivity index is 4.80. The third-order valence-corrected chi connectivity index (χ3v) is 2.18. The van der Waals surface area contributed by atoms with Crippen molar-refractivity contribution >= 4 is 26.3 Å². The van der Waals surface area contributed by atoms with Crippen LogP contribution >= 0.6 is 7.82 Å². The first kappa shape index (κ1) is 15.0. The molecule has 10 nitrogen and oxygen atoms in total. The third-order valence-electron chi connectivity index (χ3n) is 1.06. The average Bonchev–Trinajstić information content (AvgIpc) is 2.27. The first-order valence-electron chi connectivity index (χ1n) is 3.79. The van der Waals surface area contributed by atoms with Gasteiger partial charge in [0.15, 0.2) is 0 Å². The Bertz CT molecular complexity index is 296. The minimum Gasteiger partial charge on any atom is -0.437 e. The highest BCUT2D eigenvalue weighted by Gasteiger charge is 2.41. The molecule has 0 aliphatic heterocycles. The molecule has 0 aliphatic carbocycles. The van der Waals surface area contributed by atoms with Gasteiger partial charge in [0.2, 0.25) is 0 Å². The molecular weight excluding hydrogens is 263 g/mol. The molecule has 0 unspecified atom stereocenters. The number of hydrogen-bond acceptors (Lipinski definition) is 10. The molecule has 0 rings (SSSR count). The van der Waals surface area contributed by atoms with Crippen LogP contribution in [0.2, 0.25) is 0 Å². The smallest absolute Gasteiger partial charge is 0.437 e. The van der Waals surface area contributed by atoms with Gasteiger partial charge in [0, 0.05) is 0 Å². The lowest BCUT2D eigenvalue weighted by Crippen LogP contribution is -2.14. The van der Waals surface area contributed by atoms with Crippen molar-refractivity contribution in [2.75, 3.05) is 21.3 Å². The van der Waals surface area contributed by atoms with E-state index in [1.54, 1.807) is 0 Å². The van der Waals surface area contributed by atoms with Gasteiger partial charge in [-0.2, -0.15) is 4.57 Å². The number of methoxy groups -OCH3 is 3. The molecular formula is C6H9O10P. The van der Waals surface area contributed by atoms with Crippen molar-refractivity contribution < 1.29 is 46.7 Å². The second kappa shape index (κ2) is 6.59. The summed E-state index contributed by atoms with van der Waals surface area (Å²) in [4.78, 5) is 32.1. The molecule has 0 bridgehead atoms. The van der Waals surface area contributed by atoms with E-state index in [1.807, 2.05) is 0 Å². The molecule has 0 saturated carbocycles. The lowest BCUT2D eigenvalue weighted by atomic mass is 11.4. The highest BCUT2D eigenvalue weighted by molar-refractivity contribution is 7.50. The van der Waals surface area contributed by atoms with Gasteiger partial charge in [0.05, 0.1) is 21.3 Å². The largest absolute Gasteiger partial charge is 0.661 e. The van der Waals surface area contributed by atoms with Crippen molar-refractivity contribution in [3.63, 3.8) is 0 Å². The molecule has 0 aromatic heterocycles. The molecule has 0 aromatic carbocycles. The van der Waals surface area contributed by atoms with Gasteiger partial charge in [-0.05, 0) is 0 Å². The Morgan fingerprint density at radius 2 is 0.941 bits per heavy atom. The monoisotopic (exact) mass is 272 g/mol. The predicted octanol–water partition coefficient (Wildman–Crippen LogP) is 1.44. The van der Waals surface area contributed by atoms with E-state index in [0.29, 0.717) is 0 Å². The minimum atomic E-state index is -4.86. The van der Waals surface area contributed by atoms with Crippen LogP contribution in [0.3, 0.4) is 0 Å². The zero-order valence-electron chi connectivity index (χ0n) is 9.03. The maximum absolute atomic E-state index is 11.6. The highest BCUT2D eigenvalue weighted by atomic mass is 31.2. The molecule has 0 saturated heterocycles. The van der Waals surface area contributed by atoms with E-state index >= 15 is 0 Å². The van der Waals surface area contributed by atoms with Crippen molar-refractivity contribution in [2.24, 2.45) is 0 Å². The summed E-state index contributed by atoms with van der Waals surface area (Å²) < 4.78 is 35.4. The van der Waals surface area contributed by atoms with E-state index < -0.39 is 26.3 Å². The van der Waals surface area contributed by atoms with Crippen molar-refractivity contribution in [2.45, 2.75) is 0 Å². The van der Waals surface area contributed by atoms with Crippen LogP contribution in [-0.4, -0.2) is 39.8 Å². The molecule has 0 aliphatic rings. The molecule has 0 radical (unpaired) electrons.